The van der Waals surface area contributed by atoms with E-state index >= 15 is 0 Å². The van der Waals surface area contributed by atoms with Gasteiger partial charge >= 0.3 is 0 Å². The molecule has 0 radical (unpaired) electrons. The zero-order valence-electron chi connectivity index (χ0n) is 16.0. The van der Waals surface area contributed by atoms with E-state index < -0.39 is 0 Å². The van der Waals surface area contributed by atoms with Crippen molar-refractivity contribution in [1.82, 2.24) is 10.7 Å². The second kappa shape index (κ2) is 9.87. The zero-order valence-corrected chi connectivity index (χ0v) is 16.9. The summed E-state index contributed by atoms with van der Waals surface area (Å²) >= 11 is 5.29. The van der Waals surface area contributed by atoms with Gasteiger partial charge in [0.2, 0.25) is 0 Å². The number of ether oxygens (including phenoxy) is 3. The first-order valence-electron chi connectivity index (χ1n) is 9.60. The van der Waals surface area contributed by atoms with Gasteiger partial charge in [-0.05, 0) is 38.2 Å². The summed E-state index contributed by atoms with van der Waals surface area (Å²) in [4.78, 5) is 1.54. The van der Waals surface area contributed by atoms with Crippen LogP contribution in [0.25, 0.3) is 0 Å². The highest BCUT2D eigenvalue weighted by molar-refractivity contribution is 7.80. The van der Waals surface area contributed by atoms with Gasteiger partial charge in [-0.15, -0.1) is 0 Å². The minimum Gasteiger partial charge on any atom is -0.493 e. The van der Waals surface area contributed by atoms with Crippen LogP contribution < -0.4 is 25.1 Å². The van der Waals surface area contributed by atoms with Crippen molar-refractivity contribution < 1.29 is 19.1 Å². The monoisotopic (exact) mass is 393 g/mol. The summed E-state index contributed by atoms with van der Waals surface area (Å²) in [5.74, 6) is 1.72. The summed E-state index contributed by atoms with van der Waals surface area (Å²) in [7, 11) is 0. The lowest BCUT2D eigenvalue weighted by atomic mass is 10.1. The van der Waals surface area contributed by atoms with Gasteiger partial charge in [-0.25, -0.2) is 0 Å². The van der Waals surface area contributed by atoms with Crippen LogP contribution >= 0.6 is 12.2 Å². The summed E-state index contributed by atoms with van der Waals surface area (Å²) in [5, 5.41) is 7.96. The Morgan fingerprint density at radius 1 is 1.41 bits per heavy atom. The third-order valence-corrected chi connectivity index (χ3v) is 4.90. The van der Waals surface area contributed by atoms with E-state index in [1.807, 2.05) is 19.1 Å². The first kappa shape index (κ1) is 19.9. The van der Waals surface area contributed by atoms with Crippen molar-refractivity contribution in [2.75, 3.05) is 46.0 Å². The Bertz CT molecular complexity index is 677. The SMILES string of the molecule is CCOc1cc2c(cc1/C=N\NC(=S)NCC[NH+]1CCOCC1)O[C@@H](C)C2. The number of rotatable bonds is 7. The lowest BCUT2D eigenvalue weighted by Crippen LogP contribution is -3.14. The van der Waals surface area contributed by atoms with Crippen LogP contribution in [0, 0.1) is 0 Å². The van der Waals surface area contributed by atoms with Crippen molar-refractivity contribution in [3.63, 3.8) is 0 Å². The quantitative estimate of drug-likeness (QED) is 0.347. The van der Waals surface area contributed by atoms with Gasteiger partial charge in [0.15, 0.2) is 5.11 Å². The number of hydrogen-bond donors (Lipinski definition) is 3. The van der Waals surface area contributed by atoms with E-state index in [9.17, 15) is 0 Å². The second-order valence-corrected chi connectivity index (χ2v) is 7.21. The molecule has 0 unspecified atom stereocenters. The molecule has 3 rings (SSSR count). The van der Waals surface area contributed by atoms with Crippen LogP contribution in [0.1, 0.15) is 25.0 Å². The minimum absolute atomic E-state index is 0.199. The molecular weight excluding hydrogens is 364 g/mol. The van der Waals surface area contributed by atoms with Gasteiger partial charge in [0.05, 0.1) is 39.1 Å². The number of hydrogen-bond acceptors (Lipinski definition) is 5. The first-order chi connectivity index (χ1) is 13.2. The Morgan fingerprint density at radius 3 is 3.00 bits per heavy atom. The fraction of sp³-hybridized carbons (Fsp3) is 0.579. The number of quaternary nitrogens is 1. The second-order valence-electron chi connectivity index (χ2n) is 6.80. The predicted octanol–water partition coefficient (Wildman–Crippen LogP) is 0.122. The number of nitrogens with one attached hydrogen (secondary N) is 3. The Kier molecular flexibility index (Phi) is 7.25. The summed E-state index contributed by atoms with van der Waals surface area (Å²) in [6.07, 6.45) is 2.83. The van der Waals surface area contributed by atoms with Crippen molar-refractivity contribution >= 4 is 23.5 Å². The standard InChI is InChI=1S/C19H28N4O3S/c1-3-25-17-11-15-10-14(2)26-18(15)12-16(17)13-21-22-19(27)20-4-5-23-6-8-24-9-7-23/h11-14H,3-10H2,1-2H3,(H2,20,22,27)/p+1/b21-13-/t14-/m0/s1. The van der Waals surface area contributed by atoms with E-state index in [0.717, 1.165) is 62.9 Å². The summed E-state index contributed by atoms with van der Waals surface area (Å²) in [6, 6.07) is 4.03. The Balaban J connectivity index is 1.49. The number of fused-ring (bicyclic) bond motifs is 1. The lowest BCUT2D eigenvalue weighted by molar-refractivity contribution is -0.906. The highest BCUT2D eigenvalue weighted by atomic mass is 32.1. The van der Waals surface area contributed by atoms with Gasteiger partial charge in [-0.2, -0.15) is 5.10 Å². The molecule has 0 spiro atoms. The van der Waals surface area contributed by atoms with Crippen molar-refractivity contribution in [2.45, 2.75) is 26.4 Å². The largest absolute Gasteiger partial charge is 0.493 e. The van der Waals surface area contributed by atoms with Crippen LogP contribution in [0.15, 0.2) is 17.2 Å². The molecule has 1 saturated heterocycles. The molecule has 1 aromatic rings. The zero-order chi connectivity index (χ0) is 19.1. The summed E-state index contributed by atoms with van der Waals surface area (Å²) in [6.45, 7) is 10.3. The molecule has 0 amide bonds. The normalized spacial score (nSPS) is 19.6. The Hall–Kier alpha value is -1.90. The van der Waals surface area contributed by atoms with Gasteiger partial charge in [0, 0.05) is 17.5 Å². The van der Waals surface area contributed by atoms with Gasteiger partial charge < -0.3 is 24.4 Å². The van der Waals surface area contributed by atoms with Gasteiger partial charge in [0.25, 0.3) is 0 Å². The fourth-order valence-electron chi connectivity index (χ4n) is 3.30. The number of morpholine rings is 1. The van der Waals surface area contributed by atoms with E-state index in [4.69, 9.17) is 26.4 Å². The molecule has 1 atom stereocenters. The molecule has 7 nitrogen and oxygen atoms in total. The van der Waals surface area contributed by atoms with Crippen LogP contribution in [-0.2, 0) is 11.2 Å². The molecule has 0 aromatic heterocycles. The lowest BCUT2D eigenvalue weighted by Gasteiger charge is -2.23. The maximum Gasteiger partial charge on any atom is 0.187 e. The molecule has 0 saturated carbocycles. The number of nitrogens with zero attached hydrogens (tertiary/aromatic N) is 1. The molecule has 2 aliphatic heterocycles. The van der Waals surface area contributed by atoms with Crippen LogP contribution in [0.2, 0.25) is 0 Å². The molecule has 3 N–H and O–H groups in total. The summed E-state index contributed by atoms with van der Waals surface area (Å²) in [5.41, 5.74) is 4.93. The maximum absolute atomic E-state index is 5.83. The number of thiocarbonyl (C=S) groups is 1. The van der Waals surface area contributed by atoms with Crippen LogP contribution in [0.4, 0.5) is 0 Å². The van der Waals surface area contributed by atoms with E-state index in [1.54, 1.807) is 6.21 Å². The molecule has 148 valence electrons. The fourth-order valence-corrected chi connectivity index (χ4v) is 3.45. The molecule has 1 aromatic carbocycles. The van der Waals surface area contributed by atoms with E-state index in [0.29, 0.717) is 11.7 Å². The average molecular weight is 394 g/mol. The third kappa shape index (κ3) is 5.79. The van der Waals surface area contributed by atoms with Gasteiger partial charge in [-0.1, -0.05) is 0 Å². The van der Waals surface area contributed by atoms with Crippen molar-refractivity contribution in [3.8, 4) is 11.5 Å². The van der Waals surface area contributed by atoms with Crippen LogP contribution in [0.5, 0.6) is 11.5 Å². The average Bonchev–Trinajstić information content (AvgIpc) is 3.02. The molecule has 8 heteroatoms. The predicted molar refractivity (Wildman–Crippen MR) is 109 cm³/mol. The molecular formula is C19H29N4O3S+. The van der Waals surface area contributed by atoms with Gasteiger partial charge in [-0.3, -0.25) is 5.43 Å². The van der Waals surface area contributed by atoms with E-state index in [-0.39, 0.29) is 6.10 Å². The van der Waals surface area contributed by atoms with Crippen molar-refractivity contribution in [3.05, 3.63) is 23.3 Å². The smallest absolute Gasteiger partial charge is 0.187 e. The van der Waals surface area contributed by atoms with E-state index in [2.05, 4.69) is 22.8 Å². The number of benzene rings is 1. The molecule has 1 fully saturated rings. The minimum atomic E-state index is 0.199. The topological polar surface area (TPSA) is 68.5 Å². The molecule has 2 aliphatic rings. The number of hydrazone groups is 1. The van der Waals surface area contributed by atoms with Gasteiger partial charge in [0.1, 0.15) is 30.7 Å². The van der Waals surface area contributed by atoms with E-state index in [1.165, 1.54) is 10.5 Å². The highest BCUT2D eigenvalue weighted by Crippen LogP contribution is 2.34. The maximum atomic E-state index is 5.83. The van der Waals surface area contributed by atoms with Crippen LogP contribution in [0.3, 0.4) is 0 Å². The molecule has 0 bridgehead atoms. The van der Waals surface area contributed by atoms with Crippen molar-refractivity contribution in [1.29, 1.82) is 0 Å². The van der Waals surface area contributed by atoms with Crippen LogP contribution in [-0.4, -0.2) is 63.4 Å². The van der Waals surface area contributed by atoms with Crippen molar-refractivity contribution in [2.24, 2.45) is 5.10 Å². The third-order valence-electron chi connectivity index (χ3n) is 4.66. The Labute approximate surface area is 166 Å². The first-order valence-corrected chi connectivity index (χ1v) is 10.0. The molecule has 27 heavy (non-hydrogen) atoms. The summed E-state index contributed by atoms with van der Waals surface area (Å²) < 4.78 is 16.9. The highest BCUT2D eigenvalue weighted by Gasteiger charge is 2.21. The molecule has 0 aliphatic carbocycles. The Morgan fingerprint density at radius 2 is 2.22 bits per heavy atom. The molecule has 2 heterocycles.